The highest BCUT2D eigenvalue weighted by Gasteiger charge is 2.23. The van der Waals surface area contributed by atoms with Crippen molar-refractivity contribution in [2.45, 2.75) is 31.1 Å². The maximum atomic E-state index is 12.2. The van der Waals surface area contributed by atoms with Gasteiger partial charge in [-0.3, -0.25) is 9.78 Å². The average molecular weight is 332 g/mol. The molecule has 5 nitrogen and oxygen atoms in total. The number of aromatic nitrogens is 1. The Labute approximate surface area is 136 Å². The predicted octanol–water partition coefficient (Wildman–Crippen LogP) is 2.72. The maximum Gasteiger partial charge on any atom is 0.265 e. The molecule has 6 heteroatoms. The molecule has 2 aromatic rings. The van der Waals surface area contributed by atoms with Gasteiger partial charge in [-0.25, -0.2) is 13.1 Å². The second-order valence-electron chi connectivity index (χ2n) is 5.68. The minimum absolute atomic E-state index is 0.0193. The van der Waals surface area contributed by atoms with Gasteiger partial charge < -0.3 is 0 Å². The molecule has 0 saturated carbocycles. The van der Waals surface area contributed by atoms with Crippen LogP contribution in [0.25, 0.3) is 0 Å². The van der Waals surface area contributed by atoms with E-state index in [2.05, 4.69) is 9.71 Å². The van der Waals surface area contributed by atoms with E-state index in [1.165, 1.54) is 24.5 Å². The van der Waals surface area contributed by atoms with Gasteiger partial charge in [0.05, 0.1) is 0 Å². The van der Waals surface area contributed by atoms with Crippen LogP contribution in [0.5, 0.6) is 0 Å². The van der Waals surface area contributed by atoms with Gasteiger partial charge in [0.25, 0.3) is 10.0 Å². The van der Waals surface area contributed by atoms with Crippen LogP contribution in [0.15, 0.2) is 59.8 Å². The molecular formula is C17H20N2O3S. The molecule has 1 N–H and O–H groups in total. The lowest BCUT2D eigenvalue weighted by Crippen LogP contribution is -2.32. The largest absolute Gasteiger partial charge is 0.274 e. The van der Waals surface area contributed by atoms with Crippen molar-refractivity contribution in [3.05, 3.63) is 60.4 Å². The van der Waals surface area contributed by atoms with Gasteiger partial charge in [-0.2, -0.15) is 0 Å². The van der Waals surface area contributed by atoms with Gasteiger partial charge in [0, 0.05) is 18.8 Å². The third kappa shape index (κ3) is 4.63. The van der Waals surface area contributed by atoms with Gasteiger partial charge in [0.2, 0.25) is 5.91 Å². The van der Waals surface area contributed by atoms with Crippen LogP contribution in [0, 0.1) is 5.92 Å². The van der Waals surface area contributed by atoms with Crippen molar-refractivity contribution in [1.82, 2.24) is 9.71 Å². The van der Waals surface area contributed by atoms with Crippen LogP contribution in [0.1, 0.15) is 31.7 Å². The molecule has 0 radical (unpaired) electrons. The molecule has 0 spiro atoms. The summed E-state index contributed by atoms with van der Waals surface area (Å²) in [5, 5.41) is 0. The Morgan fingerprint density at radius 1 is 1.13 bits per heavy atom. The monoisotopic (exact) mass is 332 g/mol. The first kappa shape index (κ1) is 17.1. The quantitative estimate of drug-likeness (QED) is 0.882. The summed E-state index contributed by atoms with van der Waals surface area (Å²) in [6.07, 6.45) is 2.80. The molecule has 0 aliphatic carbocycles. The van der Waals surface area contributed by atoms with Crippen LogP contribution in [0.3, 0.4) is 0 Å². The summed E-state index contributed by atoms with van der Waals surface area (Å²) in [5.41, 5.74) is 1.02. The highest BCUT2D eigenvalue weighted by molar-refractivity contribution is 7.90. The van der Waals surface area contributed by atoms with Crippen LogP contribution in [-0.2, 0) is 14.8 Å². The van der Waals surface area contributed by atoms with Gasteiger partial charge in [-0.1, -0.05) is 44.2 Å². The van der Waals surface area contributed by atoms with Crippen LogP contribution < -0.4 is 4.72 Å². The third-order valence-corrected chi connectivity index (χ3v) is 4.99. The molecule has 1 aromatic carbocycles. The van der Waals surface area contributed by atoms with Crippen molar-refractivity contribution in [3.63, 3.8) is 0 Å². The number of rotatable bonds is 6. The Hall–Kier alpha value is -2.21. The molecule has 2 rings (SSSR count). The lowest BCUT2D eigenvalue weighted by atomic mass is 9.86. The van der Waals surface area contributed by atoms with E-state index in [4.69, 9.17) is 0 Å². The van der Waals surface area contributed by atoms with Crippen molar-refractivity contribution >= 4 is 15.9 Å². The van der Waals surface area contributed by atoms with Crippen molar-refractivity contribution in [2.75, 3.05) is 0 Å². The minimum atomic E-state index is -3.88. The Balaban J connectivity index is 2.11. The van der Waals surface area contributed by atoms with Crippen LogP contribution in [0.4, 0.5) is 0 Å². The molecule has 122 valence electrons. The lowest BCUT2D eigenvalue weighted by Gasteiger charge is -2.20. The molecule has 0 bridgehead atoms. The van der Waals surface area contributed by atoms with E-state index in [0.717, 1.165) is 5.56 Å². The van der Waals surface area contributed by atoms with E-state index < -0.39 is 15.9 Å². The van der Waals surface area contributed by atoms with Gasteiger partial charge >= 0.3 is 0 Å². The Bertz CT molecular complexity index is 744. The topological polar surface area (TPSA) is 76.1 Å². The zero-order valence-corrected chi connectivity index (χ0v) is 14.0. The number of benzene rings is 1. The summed E-state index contributed by atoms with van der Waals surface area (Å²) in [7, 11) is -3.88. The van der Waals surface area contributed by atoms with Crippen molar-refractivity contribution in [3.8, 4) is 0 Å². The highest BCUT2D eigenvalue weighted by Crippen LogP contribution is 2.27. The van der Waals surface area contributed by atoms with Gasteiger partial charge in [-0.05, 0) is 29.5 Å². The molecule has 0 aliphatic rings. The van der Waals surface area contributed by atoms with Crippen LogP contribution >= 0.6 is 0 Å². The SMILES string of the molecule is CC(C)[C@H](CC(=O)NS(=O)(=O)c1cccnc1)c1ccccc1. The molecule has 0 fully saturated rings. The van der Waals surface area contributed by atoms with Crippen LogP contribution in [-0.4, -0.2) is 19.3 Å². The van der Waals surface area contributed by atoms with Gasteiger partial charge in [0.1, 0.15) is 4.90 Å². The molecule has 1 heterocycles. The highest BCUT2D eigenvalue weighted by atomic mass is 32.2. The standard InChI is InChI=1S/C17H20N2O3S/c1-13(2)16(14-7-4-3-5-8-14)11-17(20)19-23(21,22)15-9-6-10-18-12-15/h3-10,12-13,16H,11H2,1-2H3,(H,19,20)/t16-/m0/s1. The fraction of sp³-hybridized carbons (Fsp3) is 0.294. The summed E-state index contributed by atoms with van der Waals surface area (Å²) in [5.74, 6) is -0.346. The third-order valence-electron chi connectivity index (χ3n) is 3.63. The van der Waals surface area contributed by atoms with E-state index >= 15 is 0 Å². The number of hydrogen-bond donors (Lipinski definition) is 1. The predicted molar refractivity (Wildman–Crippen MR) is 88.2 cm³/mol. The normalized spacial score (nSPS) is 12.8. The number of nitrogens with one attached hydrogen (secondary N) is 1. The fourth-order valence-corrected chi connectivity index (χ4v) is 3.35. The second-order valence-corrected chi connectivity index (χ2v) is 7.37. The number of carbonyl (C=O) groups excluding carboxylic acids is 1. The molecule has 0 unspecified atom stereocenters. The first-order valence-electron chi connectivity index (χ1n) is 7.41. The summed E-state index contributed by atoms with van der Waals surface area (Å²) >= 11 is 0. The fourth-order valence-electron chi connectivity index (χ4n) is 2.39. The van der Waals surface area contributed by atoms with E-state index in [0.29, 0.717) is 0 Å². The number of sulfonamides is 1. The van der Waals surface area contributed by atoms with Crippen molar-refractivity contribution in [2.24, 2.45) is 5.92 Å². The summed E-state index contributed by atoms with van der Waals surface area (Å²) in [4.78, 5) is 16.0. The molecule has 0 aliphatic heterocycles. The zero-order chi connectivity index (χ0) is 16.9. The minimum Gasteiger partial charge on any atom is -0.274 e. The molecule has 0 saturated heterocycles. The van der Waals surface area contributed by atoms with Crippen molar-refractivity contribution in [1.29, 1.82) is 0 Å². The van der Waals surface area contributed by atoms with E-state index in [-0.39, 0.29) is 23.2 Å². The Morgan fingerprint density at radius 3 is 2.39 bits per heavy atom. The Kier molecular flexibility index (Phi) is 5.50. The smallest absolute Gasteiger partial charge is 0.265 e. The summed E-state index contributed by atoms with van der Waals surface area (Å²) in [6, 6.07) is 12.6. The summed E-state index contributed by atoms with van der Waals surface area (Å²) in [6.45, 7) is 4.03. The van der Waals surface area contributed by atoms with E-state index in [1.54, 1.807) is 0 Å². The maximum absolute atomic E-state index is 12.2. The van der Waals surface area contributed by atoms with Gasteiger partial charge in [0.15, 0.2) is 0 Å². The number of nitrogens with zero attached hydrogens (tertiary/aromatic N) is 1. The van der Waals surface area contributed by atoms with Gasteiger partial charge in [-0.15, -0.1) is 0 Å². The first-order valence-corrected chi connectivity index (χ1v) is 8.89. The average Bonchev–Trinajstić information content (AvgIpc) is 2.53. The number of hydrogen-bond acceptors (Lipinski definition) is 4. The van der Waals surface area contributed by atoms with Crippen LogP contribution in [0.2, 0.25) is 0 Å². The molecular weight excluding hydrogens is 312 g/mol. The number of amides is 1. The molecule has 1 atom stereocenters. The first-order chi connectivity index (χ1) is 10.9. The zero-order valence-electron chi connectivity index (χ0n) is 13.1. The number of pyridine rings is 1. The van der Waals surface area contributed by atoms with E-state index in [1.807, 2.05) is 44.2 Å². The molecule has 1 aromatic heterocycles. The Morgan fingerprint density at radius 2 is 1.83 bits per heavy atom. The second kappa shape index (κ2) is 7.37. The summed E-state index contributed by atoms with van der Waals surface area (Å²) < 4.78 is 26.4. The lowest BCUT2D eigenvalue weighted by molar-refractivity contribution is -0.119. The number of carbonyl (C=O) groups is 1. The van der Waals surface area contributed by atoms with E-state index in [9.17, 15) is 13.2 Å². The van der Waals surface area contributed by atoms with Crippen molar-refractivity contribution < 1.29 is 13.2 Å². The molecule has 1 amide bonds. The molecule has 23 heavy (non-hydrogen) atoms.